The predicted molar refractivity (Wildman–Crippen MR) is 80.0 cm³/mol. The third-order valence-electron chi connectivity index (χ3n) is 4.62. The molecule has 0 radical (unpaired) electrons. The molecule has 3 rings (SSSR count). The number of aromatic nitrogens is 1. The minimum absolute atomic E-state index is 0.842. The van der Waals surface area contributed by atoms with E-state index in [1.807, 2.05) is 0 Å². The van der Waals surface area contributed by atoms with Gasteiger partial charge in [-0.3, -0.25) is 0 Å². The molecule has 1 fully saturated rings. The van der Waals surface area contributed by atoms with Gasteiger partial charge >= 0.3 is 0 Å². The van der Waals surface area contributed by atoms with Gasteiger partial charge in [0.15, 0.2) is 0 Å². The Hall–Kier alpha value is -1.60. The highest BCUT2D eigenvalue weighted by atomic mass is 15.3. The van der Waals surface area contributed by atoms with E-state index in [9.17, 15) is 5.26 Å². The second-order valence-electron chi connectivity index (χ2n) is 5.96. The molecule has 0 N–H and O–H groups in total. The Morgan fingerprint density at radius 2 is 1.70 bits per heavy atom. The van der Waals surface area contributed by atoms with E-state index in [1.165, 1.54) is 24.0 Å². The van der Waals surface area contributed by atoms with Crippen LogP contribution in [0.4, 0.5) is 5.82 Å². The summed E-state index contributed by atoms with van der Waals surface area (Å²) in [6.07, 6.45) is 4.57. The largest absolute Gasteiger partial charge is 0.353 e. The summed E-state index contributed by atoms with van der Waals surface area (Å²) in [5.74, 6) is 0.929. The average Bonchev–Trinajstić information content (AvgIpc) is 2.48. The molecule has 0 atom stereocenters. The highest BCUT2D eigenvalue weighted by molar-refractivity contribution is 5.61. The Labute approximate surface area is 121 Å². The Morgan fingerprint density at radius 3 is 2.35 bits per heavy atom. The van der Waals surface area contributed by atoms with Crippen LogP contribution < -0.4 is 4.90 Å². The van der Waals surface area contributed by atoms with Crippen molar-refractivity contribution in [3.8, 4) is 6.07 Å². The van der Waals surface area contributed by atoms with E-state index in [0.29, 0.717) is 0 Å². The van der Waals surface area contributed by atoms with Gasteiger partial charge in [0.1, 0.15) is 11.9 Å². The lowest BCUT2D eigenvalue weighted by Crippen LogP contribution is -2.45. The maximum Gasteiger partial charge on any atom is 0.147 e. The van der Waals surface area contributed by atoms with Crippen LogP contribution in [0, 0.1) is 18.3 Å². The molecule has 1 aliphatic carbocycles. The normalized spacial score (nSPS) is 19.6. The first-order valence-corrected chi connectivity index (χ1v) is 7.56. The Bertz CT molecular complexity index is 551. The van der Waals surface area contributed by atoms with Gasteiger partial charge < -0.3 is 9.80 Å². The van der Waals surface area contributed by atoms with Crippen LogP contribution in [-0.4, -0.2) is 43.1 Å². The second kappa shape index (κ2) is 5.41. The van der Waals surface area contributed by atoms with Gasteiger partial charge in [0.2, 0.25) is 0 Å². The summed E-state index contributed by atoms with van der Waals surface area (Å²) >= 11 is 0. The summed E-state index contributed by atoms with van der Waals surface area (Å²) in [7, 11) is 2.15. The number of fused-ring (bicyclic) bond motifs is 1. The molecule has 1 saturated heterocycles. The zero-order chi connectivity index (χ0) is 14.1. The quantitative estimate of drug-likeness (QED) is 0.781. The van der Waals surface area contributed by atoms with E-state index in [-0.39, 0.29) is 0 Å². The standard InChI is InChI=1S/C16H22N4/c1-12-13-5-3-4-6-14(13)15(11-17)16(18-12)20-9-7-19(2)8-10-20/h3-10H2,1-2H3. The van der Waals surface area contributed by atoms with E-state index in [1.54, 1.807) is 0 Å². The molecule has 0 spiro atoms. The van der Waals surface area contributed by atoms with Gasteiger partial charge in [-0.15, -0.1) is 0 Å². The molecular formula is C16H22N4. The van der Waals surface area contributed by atoms with Crippen LogP contribution in [-0.2, 0) is 12.8 Å². The first kappa shape index (κ1) is 13.4. The third kappa shape index (κ3) is 2.27. The van der Waals surface area contributed by atoms with Crippen molar-refractivity contribution in [3.05, 3.63) is 22.4 Å². The average molecular weight is 270 g/mol. The fourth-order valence-electron chi connectivity index (χ4n) is 3.36. The number of nitrogens with zero attached hydrogens (tertiary/aromatic N) is 4. The summed E-state index contributed by atoms with van der Waals surface area (Å²) in [4.78, 5) is 9.41. The SMILES string of the molecule is Cc1nc(N2CCN(C)CC2)c(C#N)c2c1CCCC2. The summed E-state index contributed by atoms with van der Waals surface area (Å²) in [6.45, 7) is 6.13. The van der Waals surface area contributed by atoms with Crippen LogP contribution in [0.1, 0.15) is 35.2 Å². The number of pyridine rings is 1. The highest BCUT2D eigenvalue weighted by Gasteiger charge is 2.24. The first-order chi connectivity index (χ1) is 9.70. The fourth-order valence-corrected chi connectivity index (χ4v) is 3.36. The lowest BCUT2D eigenvalue weighted by Gasteiger charge is -2.35. The number of piperazine rings is 1. The van der Waals surface area contributed by atoms with Gasteiger partial charge in [0.25, 0.3) is 0 Å². The molecular weight excluding hydrogens is 248 g/mol. The summed E-state index contributed by atoms with van der Waals surface area (Å²) in [5, 5.41) is 9.62. The molecule has 1 aromatic heterocycles. The zero-order valence-electron chi connectivity index (χ0n) is 12.4. The fraction of sp³-hybridized carbons (Fsp3) is 0.625. The third-order valence-corrected chi connectivity index (χ3v) is 4.62. The molecule has 1 aliphatic heterocycles. The van der Waals surface area contributed by atoms with Gasteiger partial charge in [-0.05, 0) is 50.8 Å². The van der Waals surface area contributed by atoms with Gasteiger partial charge in [-0.2, -0.15) is 5.26 Å². The van der Waals surface area contributed by atoms with Gasteiger partial charge in [0, 0.05) is 31.9 Å². The second-order valence-corrected chi connectivity index (χ2v) is 5.96. The molecule has 20 heavy (non-hydrogen) atoms. The maximum absolute atomic E-state index is 9.62. The predicted octanol–water partition coefficient (Wildman–Crippen LogP) is 1.89. The van der Waals surface area contributed by atoms with Crippen molar-refractivity contribution < 1.29 is 0 Å². The molecule has 0 unspecified atom stereocenters. The Kier molecular flexibility index (Phi) is 3.62. The number of nitriles is 1. The van der Waals surface area contributed by atoms with Crippen LogP contribution in [0.15, 0.2) is 0 Å². The molecule has 2 heterocycles. The monoisotopic (exact) mass is 270 g/mol. The van der Waals surface area contributed by atoms with Gasteiger partial charge in [0.05, 0.1) is 5.56 Å². The zero-order valence-corrected chi connectivity index (χ0v) is 12.4. The summed E-state index contributed by atoms with van der Waals surface area (Å²) in [5.41, 5.74) is 4.59. The minimum atomic E-state index is 0.842. The van der Waals surface area contributed by atoms with Crippen molar-refractivity contribution in [2.75, 3.05) is 38.1 Å². The topological polar surface area (TPSA) is 43.2 Å². The number of aryl methyl sites for hydroxylation is 1. The molecule has 0 aromatic carbocycles. The van der Waals surface area contributed by atoms with E-state index in [4.69, 9.17) is 4.98 Å². The summed E-state index contributed by atoms with van der Waals surface area (Å²) in [6, 6.07) is 2.44. The molecule has 4 nitrogen and oxygen atoms in total. The molecule has 1 aromatic rings. The number of rotatable bonds is 1. The number of anilines is 1. The van der Waals surface area contributed by atoms with Crippen LogP contribution in [0.2, 0.25) is 0 Å². The smallest absolute Gasteiger partial charge is 0.147 e. The van der Waals surface area contributed by atoms with Crippen molar-refractivity contribution in [2.24, 2.45) is 0 Å². The Balaban J connectivity index is 2.03. The maximum atomic E-state index is 9.62. The molecule has 0 saturated carbocycles. The van der Waals surface area contributed by atoms with Gasteiger partial charge in [-0.1, -0.05) is 0 Å². The molecule has 0 amide bonds. The van der Waals surface area contributed by atoms with E-state index >= 15 is 0 Å². The Morgan fingerprint density at radius 1 is 1.05 bits per heavy atom. The first-order valence-electron chi connectivity index (χ1n) is 7.56. The van der Waals surface area contributed by atoms with Crippen molar-refractivity contribution in [2.45, 2.75) is 32.6 Å². The van der Waals surface area contributed by atoms with Crippen LogP contribution in [0.3, 0.4) is 0 Å². The summed E-state index contributed by atoms with van der Waals surface area (Å²) < 4.78 is 0. The van der Waals surface area contributed by atoms with E-state index < -0.39 is 0 Å². The number of hydrogen-bond donors (Lipinski definition) is 0. The van der Waals surface area contributed by atoms with Crippen LogP contribution in [0.25, 0.3) is 0 Å². The van der Waals surface area contributed by atoms with Crippen molar-refractivity contribution in [1.29, 1.82) is 5.26 Å². The molecule has 2 aliphatic rings. The van der Waals surface area contributed by atoms with Crippen LogP contribution >= 0.6 is 0 Å². The lowest BCUT2D eigenvalue weighted by molar-refractivity contribution is 0.312. The highest BCUT2D eigenvalue weighted by Crippen LogP contribution is 2.32. The van der Waals surface area contributed by atoms with Crippen molar-refractivity contribution in [3.63, 3.8) is 0 Å². The minimum Gasteiger partial charge on any atom is -0.353 e. The van der Waals surface area contributed by atoms with Gasteiger partial charge in [-0.25, -0.2) is 4.98 Å². The molecule has 0 bridgehead atoms. The lowest BCUT2D eigenvalue weighted by atomic mass is 9.88. The van der Waals surface area contributed by atoms with Crippen LogP contribution in [0.5, 0.6) is 0 Å². The number of likely N-dealkylation sites (N-methyl/N-ethyl adjacent to an activating group) is 1. The molecule has 106 valence electrons. The van der Waals surface area contributed by atoms with E-state index in [0.717, 1.165) is 56.1 Å². The number of hydrogen-bond acceptors (Lipinski definition) is 4. The van der Waals surface area contributed by atoms with E-state index in [2.05, 4.69) is 29.8 Å². The van der Waals surface area contributed by atoms with Crippen molar-refractivity contribution >= 4 is 5.82 Å². The molecule has 4 heteroatoms. The van der Waals surface area contributed by atoms with Crippen molar-refractivity contribution in [1.82, 2.24) is 9.88 Å².